The number of imidazole rings is 1. The first-order valence-corrected chi connectivity index (χ1v) is 12.2. The Hall–Kier alpha value is -3.31. The Bertz CT molecular complexity index is 1370. The number of carbonyl (C=O) groups is 2. The van der Waals surface area contributed by atoms with E-state index >= 15 is 0 Å². The molecule has 0 N–H and O–H groups in total. The zero-order chi connectivity index (χ0) is 24.6. The number of ether oxygens (including phenoxy) is 1. The summed E-state index contributed by atoms with van der Waals surface area (Å²) >= 11 is 0. The Balaban J connectivity index is 1.50. The number of aromatic nitrogens is 2. The van der Waals surface area contributed by atoms with Gasteiger partial charge in [-0.15, -0.1) is 0 Å². The molecule has 3 aromatic rings. The smallest absolute Gasteiger partial charge is 0.311 e. The number of anilines is 1. The number of esters is 1. The summed E-state index contributed by atoms with van der Waals surface area (Å²) in [5.41, 5.74) is 1.32. The molecule has 0 aliphatic carbocycles. The molecular weight excluding hydrogens is 463 g/mol. The van der Waals surface area contributed by atoms with Crippen molar-refractivity contribution in [3.8, 4) is 0 Å². The molecular formula is C23H25FN4O5S. The van der Waals surface area contributed by atoms with Gasteiger partial charge in [0.25, 0.3) is 0 Å². The summed E-state index contributed by atoms with van der Waals surface area (Å²) in [7, 11) is -0.708. The van der Waals surface area contributed by atoms with Crippen molar-refractivity contribution < 1.29 is 27.1 Å². The number of aryl methyl sites for hydroxylation is 1. The molecule has 0 unspecified atom stereocenters. The van der Waals surface area contributed by atoms with E-state index in [2.05, 4.69) is 4.98 Å². The summed E-state index contributed by atoms with van der Waals surface area (Å²) < 4.78 is 47.4. The zero-order valence-electron chi connectivity index (χ0n) is 19.1. The van der Waals surface area contributed by atoms with Crippen LogP contribution in [0.25, 0.3) is 11.0 Å². The standard InChI is InChI=1S/C23H25FN4O5S/c1-4-27-20-10-9-16(34(31,32)26(2)3)12-18(20)25-21(27)14-33-23(30)15-11-22(29)28(13-15)19-8-6-5-7-17(19)24/h5-10,12,15H,4,11,13-14H2,1-3H3/t15-/m0/s1. The third-order valence-corrected chi connectivity index (χ3v) is 7.65. The second kappa shape index (κ2) is 9.15. The van der Waals surface area contributed by atoms with Crippen LogP contribution >= 0.6 is 0 Å². The topological polar surface area (TPSA) is 102 Å². The van der Waals surface area contributed by atoms with Gasteiger partial charge in [-0.2, -0.15) is 0 Å². The van der Waals surface area contributed by atoms with E-state index in [1.165, 1.54) is 49.3 Å². The van der Waals surface area contributed by atoms with Crippen LogP contribution in [0.4, 0.5) is 10.1 Å². The maximum absolute atomic E-state index is 14.1. The lowest BCUT2D eigenvalue weighted by Gasteiger charge is -2.17. The average molecular weight is 489 g/mol. The SMILES string of the molecule is CCn1c(COC(=O)[C@H]2CC(=O)N(c3ccccc3F)C2)nc2cc(S(=O)(=O)N(C)C)ccc21. The minimum atomic E-state index is -3.62. The van der Waals surface area contributed by atoms with Crippen LogP contribution in [0, 0.1) is 11.7 Å². The molecule has 4 rings (SSSR count). The number of carbonyl (C=O) groups excluding carboxylic acids is 2. The van der Waals surface area contributed by atoms with E-state index in [0.29, 0.717) is 23.4 Å². The number of hydrogen-bond donors (Lipinski definition) is 0. The third-order valence-electron chi connectivity index (χ3n) is 5.84. The third kappa shape index (κ3) is 4.28. The van der Waals surface area contributed by atoms with E-state index in [1.807, 2.05) is 11.5 Å². The van der Waals surface area contributed by atoms with Crippen molar-refractivity contribution >= 4 is 38.6 Å². The quantitative estimate of drug-likeness (QED) is 0.474. The summed E-state index contributed by atoms with van der Waals surface area (Å²) in [6, 6.07) is 10.6. The number of halogens is 1. The Morgan fingerprint density at radius 1 is 1.24 bits per heavy atom. The van der Waals surface area contributed by atoms with Crippen LogP contribution in [-0.4, -0.2) is 54.8 Å². The van der Waals surface area contributed by atoms with Gasteiger partial charge in [0.15, 0.2) is 0 Å². The average Bonchev–Trinajstić information content (AvgIpc) is 3.37. The minimum Gasteiger partial charge on any atom is -0.457 e. The molecule has 11 heteroatoms. The summed E-state index contributed by atoms with van der Waals surface area (Å²) in [6.45, 7) is 2.33. The first kappa shape index (κ1) is 23.8. The molecule has 1 saturated heterocycles. The van der Waals surface area contributed by atoms with E-state index in [-0.39, 0.29) is 36.1 Å². The molecule has 0 bridgehead atoms. The van der Waals surface area contributed by atoms with Gasteiger partial charge in [0.1, 0.15) is 18.2 Å². The van der Waals surface area contributed by atoms with E-state index in [1.54, 1.807) is 12.1 Å². The molecule has 0 spiro atoms. The molecule has 34 heavy (non-hydrogen) atoms. The fraction of sp³-hybridized carbons (Fsp3) is 0.348. The Morgan fingerprint density at radius 2 is 1.97 bits per heavy atom. The van der Waals surface area contributed by atoms with Crippen molar-refractivity contribution in [3.63, 3.8) is 0 Å². The molecule has 180 valence electrons. The predicted molar refractivity (Wildman–Crippen MR) is 123 cm³/mol. The number of rotatable bonds is 7. The summed E-state index contributed by atoms with van der Waals surface area (Å²) in [5, 5.41) is 0. The van der Waals surface area contributed by atoms with Crippen molar-refractivity contribution in [3.05, 3.63) is 54.1 Å². The van der Waals surface area contributed by atoms with Gasteiger partial charge < -0.3 is 14.2 Å². The number of para-hydroxylation sites is 1. The Morgan fingerprint density at radius 3 is 2.65 bits per heavy atom. The molecule has 2 heterocycles. The number of sulfonamides is 1. The van der Waals surface area contributed by atoms with Crippen LogP contribution in [0.2, 0.25) is 0 Å². The number of hydrogen-bond acceptors (Lipinski definition) is 6. The molecule has 2 aromatic carbocycles. The molecule has 1 amide bonds. The molecule has 1 atom stereocenters. The van der Waals surface area contributed by atoms with Gasteiger partial charge in [0.05, 0.1) is 27.5 Å². The van der Waals surface area contributed by atoms with Gasteiger partial charge in [-0.3, -0.25) is 9.59 Å². The van der Waals surface area contributed by atoms with Crippen LogP contribution < -0.4 is 4.90 Å². The number of fused-ring (bicyclic) bond motifs is 1. The van der Waals surface area contributed by atoms with Crippen molar-refractivity contribution in [2.75, 3.05) is 25.5 Å². The van der Waals surface area contributed by atoms with Crippen LogP contribution in [-0.2, 0) is 37.5 Å². The highest BCUT2D eigenvalue weighted by atomic mass is 32.2. The highest BCUT2D eigenvalue weighted by Crippen LogP contribution is 2.28. The van der Waals surface area contributed by atoms with Crippen molar-refractivity contribution in [1.29, 1.82) is 0 Å². The lowest BCUT2D eigenvalue weighted by molar-refractivity contribution is -0.150. The molecule has 1 aliphatic heterocycles. The van der Waals surface area contributed by atoms with E-state index in [0.717, 1.165) is 4.31 Å². The Labute approximate surface area is 196 Å². The van der Waals surface area contributed by atoms with Crippen LogP contribution in [0.15, 0.2) is 47.4 Å². The summed E-state index contributed by atoms with van der Waals surface area (Å²) in [6.07, 6.45) is -0.0664. The molecule has 1 aromatic heterocycles. The van der Waals surface area contributed by atoms with Gasteiger partial charge in [-0.05, 0) is 37.3 Å². The predicted octanol–water partition coefficient (Wildman–Crippen LogP) is 2.54. The first-order valence-electron chi connectivity index (χ1n) is 10.8. The lowest BCUT2D eigenvalue weighted by Crippen LogP contribution is -2.27. The maximum atomic E-state index is 14.1. The zero-order valence-corrected chi connectivity index (χ0v) is 19.9. The fourth-order valence-corrected chi connectivity index (χ4v) is 4.94. The van der Waals surface area contributed by atoms with Gasteiger partial charge in [-0.25, -0.2) is 22.1 Å². The molecule has 0 saturated carbocycles. The number of benzene rings is 2. The minimum absolute atomic E-state index is 0.0363. The molecule has 1 aliphatic rings. The maximum Gasteiger partial charge on any atom is 0.311 e. The van der Waals surface area contributed by atoms with Crippen LogP contribution in [0.5, 0.6) is 0 Å². The van der Waals surface area contributed by atoms with Crippen molar-refractivity contribution in [1.82, 2.24) is 13.9 Å². The van der Waals surface area contributed by atoms with E-state index in [4.69, 9.17) is 4.74 Å². The summed E-state index contributed by atoms with van der Waals surface area (Å²) in [4.78, 5) is 30.9. The van der Waals surface area contributed by atoms with Gasteiger partial charge in [-0.1, -0.05) is 12.1 Å². The first-order chi connectivity index (χ1) is 16.1. The van der Waals surface area contributed by atoms with Crippen LogP contribution in [0.1, 0.15) is 19.2 Å². The monoisotopic (exact) mass is 488 g/mol. The van der Waals surface area contributed by atoms with Crippen molar-refractivity contribution in [2.45, 2.75) is 31.4 Å². The Kier molecular flexibility index (Phi) is 6.41. The second-order valence-electron chi connectivity index (χ2n) is 8.17. The van der Waals surface area contributed by atoms with Gasteiger partial charge >= 0.3 is 5.97 Å². The molecule has 9 nitrogen and oxygen atoms in total. The number of nitrogens with zero attached hydrogens (tertiary/aromatic N) is 4. The summed E-state index contributed by atoms with van der Waals surface area (Å²) in [5.74, 6) is -1.71. The molecule has 0 radical (unpaired) electrons. The highest BCUT2D eigenvalue weighted by Gasteiger charge is 2.37. The van der Waals surface area contributed by atoms with Gasteiger partial charge in [0, 0.05) is 33.6 Å². The normalized spacial score (nSPS) is 16.6. The van der Waals surface area contributed by atoms with E-state index < -0.39 is 27.7 Å². The van der Waals surface area contributed by atoms with Crippen molar-refractivity contribution in [2.24, 2.45) is 5.92 Å². The van der Waals surface area contributed by atoms with Gasteiger partial charge in [0.2, 0.25) is 15.9 Å². The second-order valence-corrected chi connectivity index (χ2v) is 10.3. The molecule has 1 fully saturated rings. The van der Waals surface area contributed by atoms with E-state index in [9.17, 15) is 22.4 Å². The largest absolute Gasteiger partial charge is 0.457 e. The lowest BCUT2D eigenvalue weighted by atomic mass is 10.1. The highest BCUT2D eigenvalue weighted by molar-refractivity contribution is 7.89. The fourth-order valence-electron chi connectivity index (χ4n) is 4.02. The van der Waals surface area contributed by atoms with Crippen LogP contribution in [0.3, 0.4) is 0 Å². The number of amides is 1.